The van der Waals surface area contributed by atoms with Gasteiger partial charge in [-0.25, -0.2) is 13.6 Å². The largest absolute Gasteiger partial charge is 0.573 e. The molecular formula is C19H23F3N4O5S2. The Bertz CT molecular complexity index is 1060. The van der Waals surface area contributed by atoms with E-state index in [2.05, 4.69) is 10.1 Å². The molecule has 0 spiro atoms. The quantitative estimate of drug-likeness (QED) is 0.267. The number of alkyl halides is 3. The molecule has 0 aromatic heterocycles. The van der Waals surface area contributed by atoms with E-state index in [4.69, 9.17) is 5.14 Å². The summed E-state index contributed by atoms with van der Waals surface area (Å²) in [6.45, 7) is 0.652. The molecule has 33 heavy (non-hydrogen) atoms. The van der Waals surface area contributed by atoms with Gasteiger partial charge in [-0.1, -0.05) is 0 Å². The fraction of sp³-hybridized carbons (Fsp3) is 0.368. The number of thioether (sulfide) groups is 1. The van der Waals surface area contributed by atoms with Gasteiger partial charge in [-0.2, -0.15) is 0 Å². The lowest BCUT2D eigenvalue weighted by atomic mass is 10.2. The highest BCUT2D eigenvalue weighted by molar-refractivity contribution is 7.99. The minimum atomic E-state index is -4.77. The molecule has 1 atom stereocenters. The highest BCUT2D eigenvalue weighted by atomic mass is 32.2. The van der Waals surface area contributed by atoms with Gasteiger partial charge >= 0.3 is 6.36 Å². The van der Waals surface area contributed by atoms with Crippen molar-refractivity contribution in [2.24, 2.45) is 5.14 Å². The second-order valence-corrected chi connectivity index (χ2v) is 9.90. The molecule has 0 aliphatic carbocycles. The number of nitrogens with zero attached hydrogens (tertiary/aromatic N) is 2. The minimum Gasteiger partial charge on any atom is -0.406 e. The van der Waals surface area contributed by atoms with Gasteiger partial charge in [0.1, 0.15) is 11.4 Å². The molecule has 0 radical (unpaired) electrons. The van der Waals surface area contributed by atoms with Crippen molar-refractivity contribution in [3.63, 3.8) is 0 Å². The van der Waals surface area contributed by atoms with Gasteiger partial charge in [-0.15, -0.1) is 24.9 Å². The van der Waals surface area contributed by atoms with Gasteiger partial charge in [-0.05, 0) is 63.5 Å². The predicted molar refractivity (Wildman–Crippen MR) is 119 cm³/mol. The van der Waals surface area contributed by atoms with Crippen LogP contribution in [0.3, 0.4) is 0 Å². The van der Waals surface area contributed by atoms with Crippen molar-refractivity contribution in [1.82, 2.24) is 4.90 Å². The Morgan fingerprint density at radius 3 is 2.36 bits per heavy atom. The number of ether oxygens (including phenoxy) is 1. The number of rotatable bonds is 11. The number of nitrogens with two attached hydrogens (primary N) is 1. The Hall–Kier alpha value is -2.55. The molecule has 14 heteroatoms. The summed E-state index contributed by atoms with van der Waals surface area (Å²) < 4.78 is 63.8. The van der Waals surface area contributed by atoms with Crippen LogP contribution in [0, 0.1) is 10.1 Å². The molecule has 2 aromatic carbocycles. The second-order valence-electron chi connectivity index (χ2n) is 7.24. The van der Waals surface area contributed by atoms with Crippen LogP contribution in [-0.2, 0) is 10.0 Å². The lowest BCUT2D eigenvalue weighted by Gasteiger charge is -2.22. The molecule has 0 aliphatic rings. The van der Waals surface area contributed by atoms with Crippen molar-refractivity contribution in [1.29, 1.82) is 0 Å². The van der Waals surface area contributed by atoms with Gasteiger partial charge in [0.05, 0.1) is 9.82 Å². The molecule has 0 heterocycles. The number of nitrogens with one attached hydrogen (secondary N) is 1. The SMILES string of the molecule is CN(C)CC[C@H](CSc1ccc(OC(F)(F)F)cc1)Nc1ccc(S(N)(=O)=O)cc1[N+](=O)[O-]. The molecule has 9 nitrogen and oxygen atoms in total. The van der Waals surface area contributed by atoms with E-state index >= 15 is 0 Å². The van der Waals surface area contributed by atoms with Crippen molar-refractivity contribution in [3.8, 4) is 5.75 Å². The minimum absolute atomic E-state index is 0.130. The smallest absolute Gasteiger partial charge is 0.406 e. The number of halogens is 3. The number of nitro groups is 1. The van der Waals surface area contributed by atoms with Gasteiger partial charge in [0.2, 0.25) is 10.0 Å². The van der Waals surface area contributed by atoms with Crippen molar-refractivity contribution in [2.45, 2.75) is 28.6 Å². The average molecular weight is 509 g/mol. The maximum Gasteiger partial charge on any atom is 0.573 e. The number of benzene rings is 2. The monoisotopic (exact) mass is 508 g/mol. The Labute approximate surface area is 193 Å². The normalized spacial score (nSPS) is 13.1. The third kappa shape index (κ3) is 9.07. The van der Waals surface area contributed by atoms with Crippen LogP contribution in [0.2, 0.25) is 0 Å². The first-order valence-electron chi connectivity index (χ1n) is 9.46. The molecule has 3 N–H and O–H groups in total. The second kappa shape index (κ2) is 11.0. The molecule has 2 aromatic rings. The zero-order valence-corrected chi connectivity index (χ0v) is 19.3. The summed E-state index contributed by atoms with van der Waals surface area (Å²) in [4.78, 5) is 13.0. The van der Waals surface area contributed by atoms with E-state index in [9.17, 15) is 31.7 Å². The Balaban J connectivity index is 2.17. The molecule has 0 aliphatic heterocycles. The van der Waals surface area contributed by atoms with Crippen LogP contribution in [0.25, 0.3) is 0 Å². The molecule has 0 saturated carbocycles. The van der Waals surface area contributed by atoms with E-state index in [0.29, 0.717) is 23.6 Å². The Morgan fingerprint density at radius 1 is 1.21 bits per heavy atom. The summed E-state index contributed by atoms with van der Waals surface area (Å²) in [6.07, 6.45) is -4.19. The first-order chi connectivity index (χ1) is 15.2. The number of sulfonamides is 1. The number of primary sulfonamides is 1. The Kier molecular flexibility index (Phi) is 8.94. The maximum atomic E-state index is 12.3. The molecule has 182 valence electrons. The summed E-state index contributed by atoms with van der Waals surface area (Å²) in [5.41, 5.74) is -0.305. The fourth-order valence-corrected chi connectivity index (χ4v) is 4.23. The standard InChI is InChI=1S/C19H23F3N4O5S2/c1-25(2)10-9-13(12-32-15-5-3-14(4-6-15)31-19(20,21)22)24-17-8-7-16(33(23,29)30)11-18(17)26(27)28/h3-8,11,13,24H,9-10,12H2,1-2H3,(H2,23,29,30)/t13-/m1/s1. The van der Waals surface area contributed by atoms with Crippen molar-refractivity contribution >= 4 is 33.2 Å². The van der Waals surface area contributed by atoms with Gasteiger partial charge in [0.15, 0.2) is 0 Å². The van der Waals surface area contributed by atoms with E-state index in [1.54, 1.807) is 0 Å². The van der Waals surface area contributed by atoms with Crippen molar-refractivity contribution < 1.29 is 31.2 Å². The lowest BCUT2D eigenvalue weighted by molar-refractivity contribution is -0.384. The Morgan fingerprint density at radius 2 is 1.85 bits per heavy atom. The van der Waals surface area contributed by atoms with Gasteiger partial charge in [0, 0.05) is 22.8 Å². The van der Waals surface area contributed by atoms with E-state index in [-0.39, 0.29) is 22.4 Å². The summed E-state index contributed by atoms with van der Waals surface area (Å²) in [5.74, 6) is 0.0983. The van der Waals surface area contributed by atoms with E-state index in [1.807, 2.05) is 19.0 Å². The fourth-order valence-electron chi connectivity index (χ4n) is 2.73. The van der Waals surface area contributed by atoms with Crippen molar-refractivity contribution in [2.75, 3.05) is 31.7 Å². The molecule has 0 amide bonds. The zero-order chi connectivity index (χ0) is 24.8. The van der Waals surface area contributed by atoms with Crippen LogP contribution in [-0.4, -0.2) is 57.0 Å². The number of hydrogen-bond acceptors (Lipinski definition) is 8. The molecule has 2 rings (SSSR count). The van der Waals surface area contributed by atoms with Crippen LogP contribution in [0.4, 0.5) is 24.5 Å². The summed E-state index contributed by atoms with van der Waals surface area (Å²) in [6, 6.07) is 8.46. The highest BCUT2D eigenvalue weighted by Gasteiger charge is 2.31. The van der Waals surface area contributed by atoms with E-state index < -0.39 is 27.0 Å². The van der Waals surface area contributed by atoms with E-state index in [1.165, 1.54) is 48.2 Å². The summed E-state index contributed by atoms with van der Waals surface area (Å²) >= 11 is 1.34. The van der Waals surface area contributed by atoms with Crippen LogP contribution in [0.15, 0.2) is 52.3 Å². The average Bonchev–Trinajstić information content (AvgIpc) is 2.69. The highest BCUT2D eigenvalue weighted by Crippen LogP contribution is 2.30. The van der Waals surface area contributed by atoms with Crippen molar-refractivity contribution in [3.05, 3.63) is 52.6 Å². The van der Waals surface area contributed by atoms with Gasteiger partial charge < -0.3 is 15.0 Å². The van der Waals surface area contributed by atoms with Gasteiger partial charge in [0.25, 0.3) is 5.69 Å². The summed E-state index contributed by atoms with van der Waals surface area (Å²) in [7, 11) is -0.375. The molecular weight excluding hydrogens is 485 g/mol. The van der Waals surface area contributed by atoms with Crippen LogP contribution >= 0.6 is 11.8 Å². The first kappa shape index (κ1) is 26.7. The number of hydrogen-bond donors (Lipinski definition) is 2. The number of nitro benzene ring substituents is 1. The van der Waals surface area contributed by atoms with Crippen LogP contribution in [0.1, 0.15) is 6.42 Å². The van der Waals surface area contributed by atoms with E-state index in [0.717, 1.165) is 6.07 Å². The third-order valence-corrected chi connectivity index (χ3v) is 6.37. The zero-order valence-electron chi connectivity index (χ0n) is 17.7. The third-order valence-electron chi connectivity index (χ3n) is 4.29. The van der Waals surface area contributed by atoms with Crippen LogP contribution < -0.4 is 15.2 Å². The molecule has 0 fully saturated rings. The number of anilines is 1. The topological polar surface area (TPSA) is 128 Å². The first-order valence-corrected chi connectivity index (χ1v) is 12.0. The molecule has 0 saturated heterocycles. The van der Waals surface area contributed by atoms with Crippen LogP contribution in [0.5, 0.6) is 5.75 Å². The van der Waals surface area contributed by atoms with Gasteiger partial charge in [-0.3, -0.25) is 10.1 Å². The maximum absolute atomic E-state index is 12.3. The molecule has 0 bridgehead atoms. The lowest BCUT2D eigenvalue weighted by Crippen LogP contribution is -2.28. The predicted octanol–water partition coefficient (Wildman–Crippen LogP) is 3.67. The molecule has 0 unspecified atom stereocenters. The summed E-state index contributed by atoms with van der Waals surface area (Å²) in [5, 5.41) is 19.6.